The zero-order chi connectivity index (χ0) is 13.4. The van der Waals surface area contributed by atoms with E-state index in [2.05, 4.69) is 5.32 Å². The van der Waals surface area contributed by atoms with E-state index in [1.165, 1.54) is 0 Å². The van der Waals surface area contributed by atoms with Crippen LogP contribution in [0.5, 0.6) is 0 Å². The van der Waals surface area contributed by atoms with Gasteiger partial charge in [0, 0.05) is 5.69 Å². The van der Waals surface area contributed by atoms with Gasteiger partial charge in [0.2, 0.25) is 5.91 Å². The monoisotopic (exact) mass is 259 g/mol. The Morgan fingerprint density at radius 2 is 1.68 bits per heavy atom. The number of fused-ring (bicyclic) bond motifs is 2. The lowest BCUT2D eigenvalue weighted by Gasteiger charge is -2.20. The van der Waals surface area contributed by atoms with Crippen LogP contribution in [0.4, 0.5) is 5.69 Å². The fourth-order valence-corrected chi connectivity index (χ4v) is 2.66. The first-order valence-electron chi connectivity index (χ1n) is 6.09. The minimum Gasteiger partial charge on any atom is -0.481 e. The number of carboxylic acid groups (broad SMARTS) is 1. The number of nitrogens with one attached hydrogen (secondary N) is 1. The summed E-state index contributed by atoms with van der Waals surface area (Å²) in [6.45, 7) is 0. The van der Waals surface area contributed by atoms with Crippen molar-refractivity contribution in [1.29, 1.82) is 0 Å². The molecule has 3 rings (SSSR count). The van der Waals surface area contributed by atoms with Crippen molar-refractivity contribution in [2.24, 2.45) is 11.8 Å². The Bertz CT molecular complexity index is 540. The van der Waals surface area contributed by atoms with E-state index in [4.69, 9.17) is 4.74 Å². The number of anilines is 1. The molecular formula is C14H13NO4. The summed E-state index contributed by atoms with van der Waals surface area (Å²) >= 11 is 0. The van der Waals surface area contributed by atoms with Gasteiger partial charge in [-0.25, -0.2) is 0 Å². The first-order chi connectivity index (χ1) is 9.16. The predicted molar refractivity (Wildman–Crippen MR) is 67.5 cm³/mol. The van der Waals surface area contributed by atoms with Crippen LogP contribution in [0.15, 0.2) is 42.5 Å². The number of hydrogen-bond donors (Lipinski definition) is 2. The van der Waals surface area contributed by atoms with Crippen molar-refractivity contribution in [3.8, 4) is 0 Å². The van der Waals surface area contributed by atoms with Crippen molar-refractivity contribution < 1.29 is 19.4 Å². The molecule has 1 saturated heterocycles. The Morgan fingerprint density at radius 1 is 1.05 bits per heavy atom. The number of para-hydroxylation sites is 1. The van der Waals surface area contributed by atoms with Gasteiger partial charge in [-0.05, 0) is 12.1 Å². The third-order valence-electron chi connectivity index (χ3n) is 3.53. The van der Waals surface area contributed by atoms with Gasteiger partial charge in [0.1, 0.15) is 5.92 Å². The largest absolute Gasteiger partial charge is 0.481 e. The van der Waals surface area contributed by atoms with Crippen LogP contribution in [0.1, 0.15) is 0 Å². The van der Waals surface area contributed by atoms with Crippen molar-refractivity contribution in [2.75, 3.05) is 5.32 Å². The second-order valence-corrected chi connectivity index (χ2v) is 4.70. The van der Waals surface area contributed by atoms with Crippen LogP contribution in [0, 0.1) is 11.8 Å². The fraction of sp³-hybridized carbons (Fsp3) is 0.286. The molecule has 2 N–H and O–H groups in total. The molecule has 98 valence electrons. The summed E-state index contributed by atoms with van der Waals surface area (Å²) < 4.78 is 5.46. The van der Waals surface area contributed by atoms with Crippen molar-refractivity contribution in [2.45, 2.75) is 12.2 Å². The predicted octanol–water partition coefficient (Wildman–Crippen LogP) is 1.28. The van der Waals surface area contributed by atoms with Crippen molar-refractivity contribution in [1.82, 2.24) is 0 Å². The van der Waals surface area contributed by atoms with E-state index < -0.39 is 30.0 Å². The summed E-state index contributed by atoms with van der Waals surface area (Å²) in [7, 11) is 0. The molecule has 0 aliphatic carbocycles. The van der Waals surface area contributed by atoms with E-state index in [1.807, 2.05) is 18.2 Å². The molecular weight excluding hydrogens is 246 g/mol. The Hall–Kier alpha value is -2.14. The summed E-state index contributed by atoms with van der Waals surface area (Å²) in [5, 5.41) is 12.0. The second kappa shape index (κ2) is 4.51. The van der Waals surface area contributed by atoms with Gasteiger partial charge in [0.05, 0.1) is 18.1 Å². The van der Waals surface area contributed by atoms with Gasteiger partial charge in [-0.3, -0.25) is 9.59 Å². The molecule has 2 aliphatic heterocycles. The smallest absolute Gasteiger partial charge is 0.310 e. The number of carbonyl (C=O) groups is 2. The average Bonchev–Trinajstić information content (AvgIpc) is 2.99. The SMILES string of the molecule is O=C(O)[C@@H]1[C@H](C(=O)Nc2ccccc2)[C@@H]2C=C[C@H]1O2. The summed E-state index contributed by atoms with van der Waals surface area (Å²) in [6.07, 6.45) is 2.55. The molecule has 0 saturated carbocycles. The van der Waals surface area contributed by atoms with Gasteiger partial charge >= 0.3 is 5.97 Å². The molecule has 2 aliphatic rings. The molecule has 2 heterocycles. The van der Waals surface area contributed by atoms with E-state index in [9.17, 15) is 14.7 Å². The van der Waals surface area contributed by atoms with Crippen LogP contribution in [-0.2, 0) is 14.3 Å². The molecule has 1 aromatic carbocycles. The van der Waals surface area contributed by atoms with Crippen LogP contribution < -0.4 is 5.32 Å². The molecule has 0 spiro atoms. The highest BCUT2D eigenvalue weighted by Gasteiger charge is 2.53. The average molecular weight is 259 g/mol. The summed E-state index contributed by atoms with van der Waals surface area (Å²) in [5.41, 5.74) is 0.656. The van der Waals surface area contributed by atoms with E-state index in [-0.39, 0.29) is 5.91 Å². The topological polar surface area (TPSA) is 75.6 Å². The molecule has 5 nitrogen and oxygen atoms in total. The summed E-state index contributed by atoms with van der Waals surface area (Å²) in [6, 6.07) is 8.98. The van der Waals surface area contributed by atoms with E-state index >= 15 is 0 Å². The van der Waals surface area contributed by atoms with Crippen LogP contribution in [0.3, 0.4) is 0 Å². The number of aliphatic carboxylic acids is 1. The lowest BCUT2D eigenvalue weighted by Crippen LogP contribution is -2.39. The number of ether oxygens (including phenoxy) is 1. The van der Waals surface area contributed by atoms with E-state index in [0.717, 1.165) is 0 Å². The molecule has 5 heteroatoms. The Morgan fingerprint density at radius 3 is 2.32 bits per heavy atom. The Labute approximate surface area is 109 Å². The highest BCUT2D eigenvalue weighted by Crippen LogP contribution is 2.39. The molecule has 0 aromatic heterocycles. The molecule has 0 unspecified atom stereocenters. The van der Waals surface area contributed by atoms with Gasteiger partial charge in [-0.15, -0.1) is 0 Å². The minimum absolute atomic E-state index is 0.310. The van der Waals surface area contributed by atoms with Crippen LogP contribution in [0.2, 0.25) is 0 Å². The van der Waals surface area contributed by atoms with Gasteiger partial charge < -0.3 is 15.2 Å². The van der Waals surface area contributed by atoms with Crippen LogP contribution >= 0.6 is 0 Å². The minimum atomic E-state index is -0.995. The number of carbonyl (C=O) groups excluding carboxylic acids is 1. The summed E-state index contributed by atoms with van der Waals surface area (Å²) in [5.74, 6) is -2.79. The molecule has 1 amide bonds. The molecule has 2 bridgehead atoms. The zero-order valence-corrected chi connectivity index (χ0v) is 10.0. The maximum Gasteiger partial charge on any atom is 0.310 e. The number of carboxylic acids is 1. The number of hydrogen-bond acceptors (Lipinski definition) is 3. The maximum absolute atomic E-state index is 12.2. The highest BCUT2D eigenvalue weighted by molar-refractivity contribution is 5.96. The maximum atomic E-state index is 12.2. The first kappa shape index (κ1) is 11.9. The first-order valence-corrected chi connectivity index (χ1v) is 6.09. The van der Waals surface area contributed by atoms with Gasteiger partial charge in [0.15, 0.2) is 0 Å². The fourth-order valence-electron chi connectivity index (χ4n) is 2.66. The highest BCUT2D eigenvalue weighted by atomic mass is 16.5. The quantitative estimate of drug-likeness (QED) is 0.802. The number of rotatable bonds is 3. The Kier molecular flexibility index (Phi) is 2.83. The molecule has 1 aromatic rings. The Balaban J connectivity index is 1.79. The lowest BCUT2D eigenvalue weighted by molar-refractivity contribution is -0.145. The molecule has 0 radical (unpaired) electrons. The lowest BCUT2D eigenvalue weighted by atomic mass is 9.82. The van der Waals surface area contributed by atoms with E-state index in [0.29, 0.717) is 5.69 Å². The standard InChI is InChI=1S/C14H13NO4/c16-13(15-8-4-2-1-3-5-8)11-9-6-7-10(19-9)12(11)14(17)18/h1-7,9-12H,(H,15,16)(H,17,18)/t9-,10+,11+,12-/m0/s1. The normalized spacial score (nSPS) is 31.4. The van der Waals surface area contributed by atoms with Crippen molar-refractivity contribution >= 4 is 17.6 Å². The van der Waals surface area contributed by atoms with E-state index in [1.54, 1.807) is 24.3 Å². The van der Waals surface area contributed by atoms with Crippen LogP contribution in [0.25, 0.3) is 0 Å². The van der Waals surface area contributed by atoms with Crippen molar-refractivity contribution in [3.63, 3.8) is 0 Å². The molecule has 4 atom stereocenters. The molecule has 1 fully saturated rings. The second-order valence-electron chi connectivity index (χ2n) is 4.70. The van der Waals surface area contributed by atoms with Gasteiger partial charge in [-0.2, -0.15) is 0 Å². The van der Waals surface area contributed by atoms with Crippen molar-refractivity contribution in [3.05, 3.63) is 42.5 Å². The number of amides is 1. The van der Waals surface area contributed by atoms with Crippen LogP contribution in [-0.4, -0.2) is 29.2 Å². The van der Waals surface area contributed by atoms with Gasteiger partial charge in [-0.1, -0.05) is 30.4 Å². The number of benzene rings is 1. The zero-order valence-electron chi connectivity index (χ0n) is 10.0. The third-order valence-corrected chi connectivity index (χ3v) is 3.53. The van der Waals surface area contributed by atoms with Gasteiger partial charge in [0.25, 0.3) is 0 Å². The third kappa shape index (κ3) is 2.02. The molecule has 19 heavy (non-hydrogen) atoms. The summed E-state index contributed by atoms with van der Waals surface area (Å²) in [4.78, 5) is 23.5.